The third-order valence-corrected chi connectivity index (χ3v) is 2.40. The molecule has 0 saturated heterocycles. The highest BCUT2D eigenvalue weighted by molar-refractivity contribution is 6.10. The van der Waals surface area contributed by atoms with E-state index in [2.05, 4.69) is 6.08 Å². The van der Waals surface area contributed by atoms with Crippen molar-refractivity contribution in [3.8, 4) is 0 Å². The minimum Gasteiger partial charge on any atom is -0.295 e. The predicted octanol–water partition coefficient (Wildman–Crippen LogP) is 2.99. The van der Waals surface area contributed by atoms with E-state index in [1.54, 1.807) is 6.92 Å². The van der Waals surface area contributed by atoms with E-state index in [4.69, 9.17) is 0 Å². The quantitative estimate of drug-likeness (QED) is 0.690. The summed E-state index contributed by atoms with van der Waals surface area (Å²) in [6, 6.07) is 10.0. The maximum Gasteiger partial charge on any atom is 0.160 e. The highest BCUT2D eigenvalue weighted by atomic mass is 16.1. The fourth-order valence-electron chi connectivity index (χ4n) is 1.74. The van der Waals surface area contributed by atoms with Gasteiger partial charge < -0.3 is 0 Å². The lowest BCUT2D eigenvalue weighted by molar-refractivity contribution is -0.113. The monoisotopic (exact) mass is 184 g/mol. The number of carbonyl (C=O) groups excluding carboxylic acids is 1. The normalized spacial score (nSPS) is 14.9. The molecule has 0 spiro atoms. The van der Waals surface area contributed by atoms with Crippen molar-refractivity contribution in [3.05, 3.63) is 53.6 Å². The van der Waals surface area contributed by atoms with Gasteiger partial charge in [-0.15, -0.1) is 0 Å². The Hall–Kier alpha value is -1.63. The van der Waals surface area contributed by atoms with Gasteiger partial charge in [0.2, 0.25) is 0 Å². The molecule has 0 fully saturated rings. The summed E-state index contributed by atoms with van der Waals surface area (Å²) in [5, 5.41) is 0. The van der Waals surface area contributed by atoms with Crippen molar-refractivity contribution in [3.63, 3.8) is 0 Å². The topological polar surface area (TPSA) is 17.1 Å². The van der Waals surface area contributed by atoms with Crippen LogP contribution in [0.5, 0.6) is 0 Å². The fourth-order valence-corrected chi connectivity index (χ4v) is 1.74. The van der Waals surface area contributed by atoms with Crippen LogP contribution in [0.25, 0.3) is 5.57 Å². The third kappa shape index (κ3) is 1.53. The van der Waals surface area contributed by atoms with Gasteiger partial charge in [-0.25, -0.2) is 0 Å². The van der Waals surface area contributed by atoms with Gasteiger partial charge in [-0.1, -0.05) is 42.5 Å². The zero-order valence-electron chi connectivity index (χ0n) is 8.16. The van der Waals surface area contributed by atoms with Crippen molar-refractivity contribution < 1.29 is 4.79 Å². The molecular weight excluding hydrogens is 172 g/mol. The first kappa shape index (κ1) is 8.95. The van der Waals surface area contributed by atoms with E-state index in [-0.39, 0.29) is 5.78 Å². The van der Waals surface area contributed by atoms with Gasteiger partial charge in [0.1, 0.15) is 0 Å². The zero-order valence-corrected chi connectivity index (χ0v) is 8.16. The van der Waals surface area contributed by atoms with E-state index < -0.39 is 0 Å². The van der Waals surface area contributed by atoms with E-state index in [1.165, 1.54) is 0 Å². The van der Waals surface area contributed by atoms with Gasteiger partial charge in [0.15, 0.2) is 5.78 Å². The summed E-state index contributed by atoms with van der Waals surface area (Å²) in [6.45, 7) is 1.62. The van der Waals surface area contributed by atoms with Crippen molar-refractivity contribution in [1.82, 2.24) is 0 Å². The van der Waals surface area contributed by atoms with Crippen molar-refractivity contribution in [2.75, 3.05) is 0 Å². The van der Waals surface area contributed by atoms with Gasteiger partial charge in [0.05, 0.1) is 0 Å². The zero-order chi connectivity index (χ0) is 9.97. The van der Waals surface area contributed by atoms with Crippen molar-refractivity contribution >= 4 is 11.4 Å². The molecule has 1 aromatic carbocycles. The van der Waals surface area contributed by atoms with Crippen LogP contribution < -0.4 is 0 Å². The number of carbonyl (C=O) groups is 1. The Bertz CT molecular complexity index is 410. The SMILES string of the molecule is CC(=O)C1=CCC=C1c1ccccc1. The molecule has 0 bridgehead atoms. The van der Waals surface area contributed by atoms with Crippen LogP contribution in [0.1, 0.15) is 18.9 Å². The van der Waals surface area contributed by atoms with Crippen LogP contribution in [-0.2, 0) is 4.79 Å². The highest BCUT2D eigenvalue weighted by Crippen LogP contribution is 2.29. The molecule has 0 N–H and O–H groups in total. The fraction of sp³-hybridized carbons (Fsp3) is 0.154. The number of ketones is 1. The molecule has 0 heterocycles. The van der Waals surface area contributed by atoms with Crippen LogP contribution in [0.15, 0.2) is 48.1 Å². The number of allylic oxidation sites excluding steroid dienone is 4. The van der Waals surface area contributed by atoms with Crippen LogP contribution in [0.2, 0.25) is 0 Å². The molecule has 0 unspecified atom stereocenters. The van der Waals surface area contributed by atoms with Crippen LogP contribution in [0.4, 0.5) is 0 Å². The number of hydrogen-bond donors (Lipinski definition) is 0. The van der Waals surface area contributed by atoms with Crippen molar-refractivity contribution in [1.29, 1.82) is 0 Å². The second-order valence-corrected chi connectivity index (χ2v) is 3.39. The Kier molecular flexibility index (Phi) is 2.32. The third-order valence-electron chi connectivity index (χ3n) is 2.40. The van der Waals surface area contributed by atoms with E-state index in [1.807, 2.05) is 36.4 Å². The molecule has 0 amide bonds. The molecule has 0 atom stereocenters. The molecule has 2 rings (SSSR count). The first-order chi connectivity index (χ1) is 6.79. The number of Topliss-reactive ketones (excluding diaryl/α,β-unsaturated/α-hetero) is 1. The summed E-state index contributed by atoms with van der Waals surface area (Å²) in [5.74, 6) is 0.151. The maximum absolute atomic E-state index is 11.3. The van der Waals surface area contributed by atoms with Gasteiger partial charge in [0.25, 0.3) is 0 Å². The summed E-state index contributed by atoms with van der Waals surface area (Å²) in [5.41, 5.74) is 3.07. The molecule has 0 radical (unpaired) electrons. The molecule has 1 nitrogen and oxygen atoms in total. The molecule has 1 heteroatoms. The average Bonchev–Trinajstić information content (AvgIpc) is 2.67. The van der Waals surface area contributed by atoms with Gasteiger partial charge in [-0.05, 0) is 24.5 Å². The molecule has 1 aliphatic carbocycles. The Balaban J connectivity index is 2.38. The Morgan fingerprint density at radius 3 is 2.50 bits per heavy atom. The van der Waals surface area contributed by atoms with E-state index >= 15 is 0 Å². The molecule has 0 saturated carbocycles. The molecule has 1 aliphatic rings. The lowest BCUT2D eigenvalue weighted by Crippen LogP contribution is -1.96. The lowest BCUT2D eigenvalue weighted by atomic mass is 9.99. The van der Waals surface area contributed by atoms with E-state index in [0.29, 0.717) is 0 Å². The highest BCUT2D eigenvalue weighted by Gasteiger charge is 2.14. The number of rotatable bonds is 2. The largest absolute Gasteiger partial charge is 0.295 e. The molecular formula is C13H12O. The Morgan fingerprint density at radius 1 is 1.14 bits per heavy atom. The van der Waals surface area contributed by atoms with Crippen LogP contribution in [0.3, 0.4) is 0 Å². The van der Waals surface area contributed by atoms with Gasteiger partial charge in [0, 0.05) is 5.57 Å². The minimum atomic E-state index is 0.151. The van der Waals surface area contributed by atoms with Gasteiger partial charge in [-0.3, -0.25) is 4.79 Å². The summed E-state index contributed by atoms with van der Waals surface area (Å²) < 4.78 is 0. The van der Waals surface area contributed by atoms with Gasteiger partial charge in [-0.2, -0.15) is 0 Å². The first-order valence-electron chi connectivity index (χ1n) is 4.76. The van der Waals surface area contributed by atoms with Crippen molar-refractivity contribution in [2.24, 2.45) is 0 Å². The Labute approximate surface area is 83.8 Å². The lowest BCUT2D eigenvalue weighted by Gasteiger charge is -2.05. The average molecular weight is 184 g/mol. The minimum absolute atomic E-state index is 0.151. The molecule has 14 heavy (non-hydrogen) atoms. The molecule has 1 aromatic rings. The summed E-state index contributed by atoms with van der Waals surface area (Å²) in [7, 11) is 0. The standard InChI is InChI=1S/C13H12O/c1-10(14)12-8-5-9-13(12)11-6-3-2-4-7-11/h2-4,6-9H,5H2,1H3. The molecule has 0 aromatic heterocycles. The molecule has 70 valence electrons. The van der Waals surface area contributed by atoms with Gasteiger partial charge >= 0.3 is 0 Å². The van der Waals surface area contributed by atoms with Crippen LogP contribution >= 0.6 is 0 Å². The van der Waals surface area contributed by atoms with Crippen molar-refractivity contribution in [2.45, 2.75) is 13.3 Å². The van der Waals surface area contributed by atoms with Crippen LogP contribution in [0, 0.1) is 0 Å². The Morgan fingerprint density at radius 2 is 1.86 bits per heavy atom. The second kappa shape index (κ2) is 3.62. The maximum atomic E-state index is 11.3. The molecule has 0 aliphatic heterocycles. The first-order valence-corrected chi connectivity index (χ1v) is 4.76. The number of hydrogen-bond acceptors (Lipinski definition) is 1. The summed E-state index contributed by atoms with van der Waals surface area (Å²) in [4.78, 5) is 11.3. The summed E-state index contributed by atoms with van der Waals surface area (Å²) in [6.07, 6.45) is 4.97. The smallest absolute Gasteiger partial charge is 0.160 e. The second-order valence-electron chi connectivity index (χ2n) is 3.39. The van der Waals surface area contributed by atoms with Crippen LogP contribution in [-0.4, -0.2) is 5.78 Å². The van der Waals surface area contributed by atoms with E-state index in [9.17, 15) is 4.79 Å². The predicted molar refractivity (Wildman–Crippen MR) is 57.8 cm³/mol. The van der Waals surface area contributed by atoms with E-state index in [0.717, 1.165) is 23.1 Å². The number of benzene rings is 1. The summed E-state index contributed by atoms with van der Waals surface area (Å²) >= 11 is 0.